The van der Waals surface area contributed by atoms with Crippen molar-refractivity contribution in [3.8, 4) is 5.75 Å². The summed E-state index contributed by atoms with van der Waals surface area (Å²) in [5.74, 6) is 0.362. The highest BCUT2D eigenvalue weighted by molar-refractivity contribution is 6.33. The van der Waals surface area contributed by atoms with Crippen molar-refractivity contribution in [1.29, 1.82) is 0 Å². The smallest absolute Gasteiger partial charge is 0.294 e. The normalized spacial score (nSPS) is 19.3. The molecule has 1 aromatic carbocycles. The SMILES string of the molecule is CNC(=O)COc1cc2cc(Nc3nc(N4CCC(CN5CCN(c6cccc7c(C8CCC(=O)NC8=O)nn(C)c67)[C@H](C)C5)CC4)ncc3Cl)cnc2n(C(C)C)c1=O. The molecule has 1 unspecified atom stereocenters. The molecule has 60 heavy (non-hydrogen) atoms. The molecule has 316 valence electrons. The average Bonchev–Trinajstić information content (AvgIpc) is 3.57. The minimum Gasteiger partial charge on any atom is -0.478 e. The van der Waals surface area contributed by atoms with E-state index in [1.807, 2.05) is 43.8 Å². The number of hydrogen-bond acceptors (Lipinski definition) is 13. The van der Waals surface area contributed by atoms with Gasteiger partial charge in [-0.3, -0.25) is 38.6 Å². The standard InChI is InChI=1S/C42H51ClN12O5/c1-24(2)55-39-27(18-33(41(55)59)60-23-35(57)44-4)17-28(19-45-39)47-38-31(43)20-46-42(49-38)53-13-11-26(12-14-53)22-52-15-16-54(25(3)21-52)32-8-6-7-29-36(50-51(5)37(29)32)30-9-10-34(56)48-40(30)58/h6-8,17-20,24-26,30H,9-16,21-23H2,1-5H3,(H,44,57)(H,46,47,49)(H,48,56,58)/t25-,30?/m1/s1. The lowest BCUT2D eigenvalue weighted by molar-refractivity contribution is -0.134. The number of pyridine rings is 2. The molecule has 7 heterocycles. The molecule has 0 aliphatic carbocycles. The number of nitrogens with one attached hydrogen (secondary N) is 3. The summed E-state index contributed by atoms with van der Waals surface area (Å²) in [5.41, 5.74) is 3.61. The van der Waals surface area contributed by atoms with Gasteiger partial charge in [-0.1, -0.05) is 23.7 Å². The summed E-state index contributed by atoms with van der Waals surface area (Å²) >= 11 is 6.60. The maximum Gasteiger partial charge on any atom is 0.294 e. The van der Waals surface area contributed by atoms with Crippen LogP contribution in [0.5, 0.6) is 5.75 Å². The summed E-state index contributed by atoms with van der Waals surface area (Å²) in [5, 5.41) is 15.1. The Balaban J connectivity index is 0.891. The highest BCUT2D eigenvalue weighted by atomic mass is 35.5. The number of aryl methyl sites for hydroxylation is 1. The van der Waals surface area contributed by atoms with E-state index in [-0.39, 0.29) is 47.7 Å². The Bertz CT molecular complexity index is 2510. The van der Waals surface area contributed by atoms with Crippen LogP contribution in [0, 0.1) is 5.92 Å². The van der Waals surface area contributed by atoms with Gasteiger partial charge in [-0.15, -0.1) is 0 Å². The molecular weight excluding hydrogens is 788 g/mol. The van der Waals surface area contributed by atoms with E-state index in [9.17, 15) is 19.2 Å². The molecule has 4 aromatic heterocycles. The van der Waals surface area contributed by atoms with Crippen LogP contribution in [0.4, 0.5) is 23.1 Å². The van der Waals surface area contributed by atoms with Crippen LogP contribution in [0.3, 0.4) is 0 Å². The minimum atomic E-state index is -0.437. The number of fused-ring (bicyclic) bond motifs is 2. The van der Waals surface area contributed by atoms with E-state index in [0.29, 0.717) is 52.3 Å². The number of carbonyl (C=O) groups is 3. The number of ether oxygens (including phenoxy) is 1. The van der Waals surface area contributed by atoms with E-state index in [1.165, 1.54) is 7.05 Å². The summed E-state index contributed by atoms with van der Waals surface area (Å²) in [6.07, 6.45) is 6.05. The van der Waals surface area contributed by atoms with Gasteiger partial charge >= 0.3 is 0 Å². The number of hydrogen-bond donors (Lipinski definition) is 3. The van der Waals surface area contributed by atoms with E-state index in [1.54, 1.807) is 23.0 Å². The van der Waals surface area contributed by atoms with Crippen LogP contribution in [0.2, 0.25) is 5.02 Å². The van der Waals surface area contributed by atoms with Crippen molar-refractivity contribution < 1.29 is 19.1 Å². The van der Waals surface area contributed by atoms with Gasteiger partial charge < -0.3 is 25.2 Å². The quantitative estimate of drug-likeness (QED) is 0.162. The number of para-hydroxylation sites is 1. The molecule has 8 rings (SSSR count). The van der Waals surface area contributed by atoms with Gasteiger partial charge in [-0.2, -0.15) is 10.1 Å². The van der Waals surface area contributed by atoms with Gasteiger partial charge in [0.25, 0.3) is 11.5 Å². The second-order valence-electron chi connectivity index (χ2n) is 16.3. The number of rotatable bonds is 11. The molecule has 3 amide bonds. The van der Waals surface area contributed by atoms with Crippen molar-refractivity contribution in [1.82, 2.24) is 44.8 Å². The number of piperazine rings is 1. The molecule has 3 aliphatic heterocycles. The summed E-state index contributed by atoms with van der Waals surface area (Å²) in [6, 6.07) is 9.74. The summed E-state index contributed by atoms with van der Waals surface area (Å²) in [7, 11) is 3.44. The monoisotopic (exact) mass is 838 g/mol. The Morgan fingerprint density at radius 1 is 1.05 bits per heavy atom. The predicted molar refractivity (Wildman–Crippen MR) is 230 cm³/mol. The molecular formula is C42H51ClN12O5. The second kappa shape index (κ2) is 17.0. The number of amides is 3. The summed E-state index contributed by atoms with van der Waals surface area (Å²) < 4.78 is 9.03. The van der Waals surface area contributed by atoms with E-state index in [4.69, 9.17) is 26.4 Å². The van der Waals surface area contributed by atoms with Crippen LogP contribution in [-0.2, 0) is 21.4 Å². The lowest BCUT2D eigenvalue weighted by Crippen LogP contribution is -2.53. The molecule has 2 atom stereocenters. The zero-order valence-electron chi connectivity index (χ0n) is 34.6. The van der Waals surface area contributed by atoms with Crippen LogP contribution >= 0.6 is 11.6 Å². The topological polar surface area (TPSA) is 185 Å². The van der Waals surface area contributed by atoms with Crippen LogP contribution in [-0.4, -0.2) is 111 Å². The predicted octanol–water partition coefficient (Wildman–Crippen LogP) is 4.12. The lowest BCUT2D eigenvalue weighted by Gasteiger charge is -2.43. The number of halogens is 1. The average molecular weight is 839 g/mol. The molecule has 5 aromatic rings. The summed E-state index contributed by atoms with van der Waals surface area (Å²) in [6.45, 7) is 11.2. The van der Waals surface area contributed by atoms with Crippen LogP contribution in [0.15, 0.2) is 47.5 Å². The van der Waals surface area contributed by atoms with Crippen LogP contribution in [0.1, 0.15) is 64.1 Å². The Hall–Kier alpha value is -5.81. The third-order valence-electron chi connectivity index (χ3n) is 11.9. The number of carbonyl (C=O) groups excluding carboxylic acids is 3. The maximum absolute atomic E-state index is 13.2. The number of imide groups is 1. The van der Waals surface area contributed by atoms with Crippen molar-refractivity contribution >= 4 is 74.4 Å². The molecule has 3 fully saturated rings. The largest absolute Gasteiger partial charge is 0.478 e. The number of benzene rings is 1. The number of anilines is 4. The lowest BCUT2D eigenvalue weighted by atomic mass is 9.92. The van der Waals surface area contributed by atoms with Crippen molar-refractivity contribution in [2.24, 2.45) is 13.0 Å². The van der Waals surface area contributed by atoms with Crippen molar-refractivity contribution in [2.75, 3.05) is 68.0 Å². The molecule has 3 aliphatic rings. The fraction of sp³-hybridized carbons (Fsp3) is 0.476. The van der Waals surface area contributed by atoms with E-state index >= 15 is 0 Å². The molecule has 0 saturated carbocycles. The van der Waals surface area contributed by atoms with Gasteiger partial charge in [-0.25, -0.2) is 9.97 Å². The first-order valence-electron chi connectivity index (χ1n) is 20.6. The maximum atomic E-state index is 13.2. The zero-order valence-corrected chi connectivity index (χ0v) is 35.3. The molecule has 0 radical (unpaired) electrons. The molecule has 0 spiro atoms. The fourth-order valence-electron chi connectivity index (χ4n) is 8.83. The van der Waals surface area contributed by atoms with Gasteiger partial charge in [-0.05, 0) is 64.2 Å². The van der Waals surface area contributed by atoms with Gasteiger partial charge in [0.2, 0.25) is 17.8 Å². The summed E-state index contributed by atoms with van der Waals surface area (Å²) in [4.78, 5) is 70.9. The Morgan fingerprint density at radius 3 is 2.58 bits per heavy atom. The van der Waals surface area contributed by atoms with Crippen molar-refractivity contribution in [2.45, 2.75) is 64.5 Å². The van der Waals surface area contributed by atoms with Crippen molar-refractivity contribution in [3.63, 3.8) is 0 Å². The van der Waals surface area contributed by atoms with E-state index < -0.39 is 5.92 Å². The first kappa shape index (κ1) is 40.9. The molecule has 0 bridgehead atoms. The molecule has 3 saturated heterocycles. The Kier molecular flexibility index (Phi) is 11.6. The second-order valence-corrected chi connectivity index (χ2v) is 16.7. The Morgan fingerprint density at radius 2 is 1.85 bits per heavy atom. The van der Waals surface area contributed by atoms with E-state index in [0.717, 1.165) is 74.4 Å². The first-order valence-corrected chi connectivity index (χ1v) is 21.0. The van der Waals surface area contributed by atoms with Gasteiger partial charge in [0, 0.05) is 82.6 Å². The molecule has 17 nitrogen and oxygen atoms in total. The van der Waals surface area contributed by atoms with Gasteiger partial charge in [0.1, 0.15) is 10.7 Å². The molecule has 3 N–H and O–H groups in total. The fourth-order valence-corrected chi connectivity index (χ4v) is 8.96. The Labute approximate surface area is 352 Å². The number of aromatic nitrogens is 6. The number of piperidine rings is 2. The number of likely N-dealkylation sites (N-methyl/N-ethyl adjacent to an activating group) is 1. The number of nitrogens with zero attached hydrogens (tertiary/aromatic N) is 9. The first-order chi connectivity index (χ1) is 28.9. The highest BCUT2D eigenvalue weighted by Crippen LogP contribution is 2.36. The van der Waals surface area contributed by atoms with Crippen LogP contribution in [0.25, 0.3) is 21.9 Å². The van der Waals surface area contributed by atoms with Crippen molar-refractivity contribution in [3.05, 3.63) is 63.8 Å². The minimum absolute atomic E-state index is 0.0587. The third kappa shape index (κ3) is 8.19. The van der Waals surface area contributed by atoms with Gasteiger partial charge in [0.05, 0.1) is 40.9 Å². The highest BCUT2D eigenvalue weighted by Gasteiger charge is 2.34. The van der Waals surface area contributed by atoms with E-state index in [2.05, 4.69) is 53.6 Å². The zero-order chi connectivity index (χ0) is 42.2. The van der Waals surface area contributed by atoms with Crippen LogP contribution < -0.4 is 36.0 Å². The molecule has 18 heteroatoms. The van der Waals surface area contributed by atoms with Gasteiger partial charge in [0.15, 0.2) is 18.2 Å². The third-order valence-corrected chi connectivity index (χ3v) is 12.1.